The maximum Gasteiger partial charge on any atom is 0.271 e. The third-order valence-electron chi connectivity index (χ3n) is 5.48. The van der Waals surface area contributed by atoms with Crippen molar-refractivity contribution in [2.45, 2.75) is 25.3 Å². The summed E-state index contributed by atoms with van der Waals surface area (Å²) >= 11 is 9.52. The Balaban J connectivity index is 1.53. The summed E-state index contributed by atoms with van der Waals surface area (Å²) in [5.74, 6) is 0.791. The Morgan fingerprint density at radius 3 is 2.38 bits per heavy atom. The van der Waals surface area contributed by atoms with Gasteiger partial charge in [-0.1, -0.05) is 47.5 Å². The Bertz CT molecular complexity index is 1530. The number of benzene rings is 3. The third kappa shape index (κ3) is 6.49. The van der Waals surface area contributed by atoms with Gasteiger partial charge in [-0.05, 0) is 77.8 Å². The van der Waals surface area contributed by atoms with Crippen LogP contribution in [0.5, 0.6) is 0 Å². The standard InChI is InChI=1S/C27H23BrClN3O4S/c1-18-6-12-25(13-7-18)37(34,35)32(23-5-3-4-22(29)14-23)17-20-8-10-21(11-9-20)27(33)31-30-16-24-15-26(28)19(2)36-24/h3-16H,17H2,1-2H3,(H,31,33)/b30-16-. The zero-order valence-electron chi connectivity index (χ0n) is 20.0. The summed E-state index contributed by atoms with van der Waals surface area (Å²) in [7, 11) is -3.89. The highest BCUT2D eigenvalue weighted by atomic mass is 79.9. The zero-order valence-corrected chi connectivity index (χ0v) is 23.1. The number of rotatable bonds is 8. The predicted octanol–water partition coefficient (Wildman–Crippen LogP) is 6.47. The number of halogens is 2. The summed E-state index contributed by atoms with van der Waals surface area (Å²) < 4.78 is 34.7. The molecule has 0 aliphatic heterocycles. The van der Waals surface area contributed by atoms with Gasteiger partial charge in [0.05, 0.1) is 27.8 Å². The summed E-state index contributed by atoms with van der Waals surface area (Å²) in [5, 5.41) is 4.35. The lowest BCUT2D eigenvalue weighted by atomic mass is 10.1. The molecule has 7 nitrogen and oxygen atoms in total. The van der Waals surface area contributed by atoms with Crippen LogP contribution in [0.25, 0.3) is 0 Å². The molecule has 4 rings (SSSR count). The smallest absolute Gasteiger partial charge is 0.271 e. The molecule has 1 aromatic heterocycles. The predicted molar refractivity (Wildman–Crippen MR) is 149 cm³/mol. The Kier molecular flexibility index (Phi) is 8.16. The van der Waals surface area contributed by atoms with Crippen LogP contribution in [0.2, 0.25) is 5.02 Å². The lowest BCUT2D eigenvalue weighted by Crippen LogP contribution is -2.30. The molecule has 3 aromatic carbocycles. The fourth-order valence-corrected chi connectivity index (χ4v) is 5.41. The molecule has 0 aliphatic carbocycles. The van der Waals surface area contributed by atoms with Crippen LogP contribution in [0.1, 0.15) is 33.0 Å². The second-order valence-electron chi connectivity index (χ2n) is 8.25. The topological polar surface area (TPSA) is 92.0 Å². The first-order valence-electron chi connectivity index (χ1n) is 11.2. The van der Waals surface area contributed by atoms with Crippen LogP contribution in [0.3, 0.4) is 0 Å². The molecular formula is C27H23BrClN3O4S. The first kappa shape index (κ1) is 26.7. The van der Waals surface area contributed by atoms with Gasteiger partial charge in [0.15, 0.2) is 0 Å². The lowest BCUT2D eigenvalue weighted by molar-refractivity contribution is 0.0955. The van der Waals surface area contributed by atoms with Crippen LogP contribution in [0.15, 0.2) is 97.7 Å². The number of sulfonamides is 1. The van der Waals surface area contributed by atoms with Crippen molar-refractivity contribution in [2.24, 2.45) is 5.10 Å². The Hall–Kier alpha value is -3.40. The molecule has 0 saturated heterocycles. The zero-order chi connectivity index (χ0) is 26.6. The number of hydrazone groups is 1. The fourth-order valence-electron chi connectivity index (χ4n) is 3.48. The van der Waals surface area contributed by atoms with E-state index in [9.17, 15) is 13.2 Å². The van der Waals surface area contributed by atoms with Gasteiger partial charge >= 0.3 is 0 Å². The maximum atomic E-state index is 13.6. The van der Waals surface area contributed by atoms with Crippen molar-refractivity contribution in [3.63, 3.8) is 0 Å². The van der Waals surface area contributed by atoms with E-state index in [1.165, 1.54) is 10.5 Å². The van der Waals surface area contributed by atoms with E-state index < -0.39 is 15.9 Å². The van der Waals surface area contributed by atoms with Crippen molar-refractivity contribution in [1.82, 2.24) is 5.43 Å². The second kappa shape index (κ2) is 11.3. The van der Waals surface area contributed by atoms with Gasteiger partial charge in [-0.3, -0.25) is 9.10 Å². The van der Waals surface area contributed by atoms with Crippen LogP contribution < -0.4 is 9.73 Å². The SMILES string of the molecule is Cc1ccc(S(=O)(=O)N(Cc2ccc(C(=O)N/N=C\c3cc(Br)c(C)o3)cc2)c2cccc(Cl)c2)cc1. The minimum atomic E-state index is -3.89. The Morgan fingerprint density at radius 2 is 1.76 bits per heavy atom. The van der Waals surface area contributed by atoms with Gasteiger partial charge in [0.1, 0.15) is 11.5 Å². The molecule has 190 valence electrons. The van der Waals surface area contributed by atoms with Crippen molar-refractivity contribution in [1.29, 1.82) is 0 Å². The summed E-state index contributed by atoms with van der Waals surface area (Å²) in [6.45, 7) is 3.75. The van der Waals surface area contributed by atoms with Gasteiger partial charge in [-0.2, -0.15) is 5.10 Å². The molecule has 0 spiro atoms. The number of hydrogen-bond donors (Lipinski definition) is 1. The molecule has 37 heavy (non-hydrogen) atoms. The summed E-state index contributed by atoms with van der Waals surface area (Å²) in [6.07, 6.45) is 1.41. The number of hydrogen-bond acceptors (Lipinski definition) is 5. The van der Waals surface area contributed by atoms with Gasteiger partial charge < -0.3 is 4.42 Å². The summed E-state index contributed by atoms with van der Waals surface area (Å²) in [5.41, 5.74) is 4.90. The first-order chi connectivity index (χ1) is 17.6. The molecule has 1 amide bonds. The molecule has 0 aliphatic rings. The number of nitrogens with zero attached hydrogens (tertiary/aromatic N) is 2. The van der Waals surface area contributed by atoms with Gasteiger partial charge in [-0.15, -0.1) is 0 Å². The minimum Gasteiger partial charge on any atom is -0.459 e. The van der Waals surface area contributed by atoms with Crippen LogP contribution in [-0.4, -0.2) is 20.5 Å². The number of carbonyl (C=O) groups is 1. The van der Waals surface area contributed by atoms with Gasteiger partial charge in [0, 0.05) is 16.7 Å². The van der Waals surface area contributed by atoms with E-state index in [1.807, 2.05) is 6.92 Å². The molecule has 0 saturated carbocycles. The molecule has 0 atom stereocenters. The van der Waals surface area contributed by atoms with Crippen LogP contribution >= 0.6 is 27.5 Å². The average Bonchev–Trinajstić information content (AvgIpc) is 3.19. The van der Waals surface area contributed by atoms with Crippen molar-refractivity contribution < 1.29 is 17.6 Å². The highest BCUT2D eigenvalue weighted by molar-refractivity contribution is 9.10. The van der Waals surface area contributed by atoms with E-state index in [0.717, 1.165) is 10.0 Å². The number of anilines is 1. The van der Waals surface area contributed by atoms with Crippen LogP contribution in [0, 0.1) is 13.8 Å². The number of furan rings is 1. The fraction of sp³-hybridized carbons (Fsp3) is 0.111. The highest BCUT2D eigenvalue weighted by Gasteiger charge is 2.25. The molecule has 0 unspecified atom stereocenters. The molecule has 1 N–H and O–H groups in total. The molecular weight excluding hydrogens is 578 g/mol. The van der Waals surface area contributed by atoms with Crippen LogP contribution in [0.4, 0.5) is 5.69 Å². The number of nitrogens with one attached hydrogen (secondary N) is 1. The van der Waals surface area contributed by atoms with Crippen LogP contribution in [-0.2, 0) is 16.6 Å². The minimum absolute atomic E-state index is 0.0450. The number of amides is 1. The molecule has 0 radical (unpaired) electrons. The molecule has 1 heterocycles. The highest BCUT2D eigenvalue weighted by Crippen LogP contribution is 2.28. The Morgan fingerprint density at radius 1 is 1.05 bits per heavy atom. The largest absolute Gasteiger partial charge is 0.459 e. The van der Waals surface area contributed by atoms with E-state index in [2.05, 4.69) is 26.5 Å². The van der Waals surface area contributed by atoms with Gasteiger partial charge in [-0.25, -0.2) is 13.8 Å². The van der Waals surface area contributed by atoms with Crippen molar-refractivity contribution in [3.8, 4) is 0 Å². The van der Waals surface area contributed by atoms with E-state index >= 15 is 0 Å². The first-order valence-corrected chi connectivity index (χ1v) is 13.8. The quantitative estimate of drug-likeness (QED) is 0.185. The van der Waals surface area contributed by atoms with Crippen molar-refractivity contribution >= 4 is 55.4 Å². The Labute approximate surface area is 228 Å². The van der Waals surface area contributed by atoms with E-state index in [0.29, 0.717) is 33.4 Å². The molecule has 0 fully saturated rings. The third-order valence-corrected chi connectivity index (χ3v) is 8.29. The monoisotopic (exact) mass is 599 g/mol. The summed E-state index contributed by atoms with van der Waals surface area (Å²) in [4.78, 5) is 12.7. The van der Waals surface area contributed by atoms with Crippen molar-refractivity contribution in [3.05, 3.63) is 117 Å². The number of aryl methyl sites for hydroxylation is 2. The summed E-state index contributed by atoms with van der Waals surface area (Å²) in [6, 6.07) is 21.7. The van der Waals surface area contributed by atoms with Gasteiger partial charge in [0.25, 0.3) is 15.9 Å². The lowest BCUT2D eigenvalue weighted by Gasteiger charge is -2.25. The average molecular weight is 601 g/mol. The van der Waals surface area contributed by atoms with E-state index in [4.69, 9.17) is 16.0 Å². The molecule has 0 bridgehead atoms. The van der Waals surface area contributed by atoms with Crippen molar-refractivity contribution in [2.75, 3.05) is 4.31 Å². The maximum absolute atomic E-state index is 13.6. The molecule has 4 aromatic rings. The van der Waals surface area contributed by atoms with Gasteiger partial charge in [0.2, 0.25) is 0 Å². The van der Waals surface area contributed by atoms with E-state index in [-0.39, 0.29) is 11.4 Å². The number of carbonyl (C=O) groups excluding carboxylic acids is 1. The van der Waals surface area contributed by atoms with E-state index in [1.54, 1.807) is 85.8 Å². The molecule has 10 heteroatoms. The normalized spacial score (nSPS) is 11.6. The second-order valence-corrected chi connectivity index (χ2v) is 11.4.